The normalized spacial score (nSPS) is 10.8. The second-order valence-corrected chi connectivity index (χ2v) is 7.39. The number of nitrogens with zero attached hydrogens (tertiary/aromatic N) is 2. The molecule has 3 rings (SSSR count). The van der Waals surface area contributed by atoms with Gasteiger partial charge in [-0.25, -0.2) is 0 Å². The number of hydrogen-bond acceptors (Lipinski definition) is 4. The van der Waals surface area contributed by atoms with Gasteiger partial charge in [0, 0.05) is 0 Å². The molecule has 0 aliphatic rings. The number of ether oxygens (including phenoxy) is 1. The molecule has 0 saturated heterocycles. The third-order valence-corrected chi connectivity index (χ3v) is 5.08. The SMILES string of the molecule is O=C(CC[Se]COCc1ccc2n[nH]nc2c1)Nc1ccccc1. The molecule has 0 spiro atoms. The van der Waals surface area contributed by atoms with Crippen LogP contribution in [-0.2, 0) is 16.1 Å². The Kier molecular flexibility index (Phi) is 5.95. The summed E-state index contributed by atoms with van der Waals surface area (Å²) in [6, 6.07) is 15.4. The van der Waals surface area contributed by atoms with Gasteiger partial charge in [0.15, 0.2) is 0 Å². The van der Waals surface area contributed by atoms with Crippen LogP contribution in [0.5, 0.6) is 0 Å². The fraction of sp³-hybridized carbons (Fsp3) is 0.235. The van der Waals surface area contributed by atoms with E-state index in [1.165, 1.54) is 0 Å². The first-order valence-corrected chi connectivity index (χ1v) is 10.0. The van der Waals surface area contributed by atoms with Crippen molar-refractivity contribution in [3.8, 4) is 0 Å². The molecular formula is C17H18N4O2Se. The Morgan fingerprint density at radius 2 is 1.96 bits per heavy atom. The summed E-state index contributed by atoms with van der Waals surface area (Å²) in [6.45, 7) is 0.556. The van der Waals surface area contributed by atoms with Gasteiger partial charge in [-0.1, -0.05) is 0 Å². The van der Waals surface area contributed by atoms with E-state index in [0.717, 1.165) is 27.6 Å². The molecule has 1 amide bonds. The number of rotatable bonds is 8. The molecule has 1 aromatic heterocycles. The van der Waals surface area contributed by atoms with Gasteiger partial charge < -0.3 is 0 Å². The third kappa shape index (κ3) is 4.89. The van der Waals surface area contributed by atoms with Crippen molar-refractivity contribution in [2.45, 2.75) is 18.3 Å². The van der Waals surface area contributed by atoms with Crippen molar-refractivity contribution in [1.82, 2.24) is 15.4 Å². The molecule has 2 N–H and O–H groups in total. The molecule has 1 heterocycles. The number of anilines is 1. The summed E-state index contributed by atoms with van der Waals surface area (Å²) in [7, 11) is 0. The summed E-state index contributed by atoms with van der Waals surface area (Å²) in [5.74, 6) is 0.0551. The van der Waals surface area contributed by atoms with Gasteiger partial charge in [-0.05, 0) is 0 Å². The average molecular weight is 389 g/mol. The first kappa shape index (κ1) is 16.6. The molecule has 124 valence electrons. The summed E-state index contributed by atoms with van der Waals surface area (Å²) < 4.78 is 5.68. The van der Waals surface area contributed by atoms with Crippen molar-refractivity contribution in [2.24, 2.45) is 0 Å². The van der Waals surface area contributed by atoms with E-state index < -0.39 is 0 Å². The Balaban J connectivity index is 1.30. The van der Waals surface area contributed by atoms with Crippen LogP contribution >= 0.6 is 0 Å². The molecule has 0 atom stereocenters. The monoisotopic (exact) mass is 390 g/mol. The van der Waals surface area contributed by atoms with Crippen molar-refractivity contribution in [2.75, 3.05) is 10.8 Å². The van der Waals surface area contributed by atoms with Crippen molar-refractivity contribution in [1.29, 1.82) is 0 Å². The second-order valence-electron chi connectivity index (χ2n) is 5.19. The zero-order chi connectivity index (χ0) is 16.6. The van der Waals surface area contributed by atoms with Gasteiger partial charge in [-0.15, -0.1) is 0 Å². The molecule has 0 aliphatic heterocycles. The van der Waals surface area contributed by atoms with Crippen LogP contribution < -0.4 is 5.32 Å². The predicted molar refractivity (Wildman–Crippen MR) is 93.8 cm³/mol. The van der Waals surface area contributed by atoms with Crippen LogP contribution in [0.25, 0.3) is 11.0 Å². The van der Waals surface area contributed by atoms with Gasteiger partial charge in [-0.3, -0.25) is 0 Å². The van der Waals surface area contributed by atoms with E-state index in [-0.39, 0.29) is 5.91 Å². The van der Waals surface area contributed by atoms with E-state index >= 15 is 0 Å². The molecule has 6 nitrogen and oxygen atoms in total. The van der Waals surface area contributed by atoms with Crippen molar-refractivity contribution in [3.05, 3.63) is 54.1 Å². The van der Waals surface area contributed by atoms with Crippen LogP contribution in [0.4, 0.5) is 5.69 Å². The van der Waals surface area contributed by atoms with Crippen LogP contribution in [0, 0.1) is 0 Å². The molecule has 2 aromatic carbocycles. The van der Waals surface area contributed by atoms with Crippen LogP contribution in [0.1, 0.15) is 12.0 Å². The molecule has 0 saturated carbocycles. The van der Waals surface area contributed by atoms with Crippen molar-refractivity contribution >= 4 is 37.6 Å². The van der Waals surface area contributed by atoms with Gasteiger partial charge in [0.25, 0.3) is 0 Å². The molecular weight excluding hydrogens is 371 g/mol. The second kappa shape index (κ2) is 8.59. The molecule has 0 unspecified atom stereocenters. The van der Waals surface area contributed by atoms with E-state index in [1.54, 1.807) is 0 Å². The van der Waals surface area contributed by atoms with Gasteiger partial charge in [0.1, 0.15) is 0 Å². The number of aromatic amines is 1. The molecule has 7 heteroatoms. The number of H-pyrrole nitrogens is 1. The first-order valence-electron chi connectivity index (χ1n) is 7.61. The van der Waals surface area contributed by atoms with E-state index in [0.29, 0.717) is 33.5 Å². The van der Waals surface area contributed by atoms with Crippen LogP contribution in [-0.4, -0.2) is 41.8 Å². The Hall–Kier alpha value is -2.21. The van der Waals surface area contributed by atoms with E-state index in [4.69, 9.17) is 4.74 Å². The number of benzene rings is 2. The minimum absolute atomic E-state index is 0.0551. The third-order valence-electron chi connectivity index (χ3n) is 3.35. The molecule has 0 bridgehead atoms. The Bertz CT molecular complexity index is 791. The molecule has 24 heavy (non-hydrogen) atoms. The minimum atomic E-state index is 0.0551. The predicted octanol–water partition coefficient (Wildman–Crippen LogP) is 2.58. The standard InChI is InChI=1S/C17H18N4O2Se/c22-17(18-14-4-2-1-3-5-14)8-9-24-12-23-11-13-6-7-15-16(10-13)20-21-19-15/h1-7,10H,8-9,11-12H2,(H,18,22)(H,19,20,21). The van der Waals surface area contributed by atoms with E-state index in [2.05, 4.69) is 20.7 Å². The fourth-order valence-electron chi connectivity index (χ4n) is 2.16. The van der Waals surface area contributed by atoms with Crippen LogP contribution in [0.2, 0.25) is 5.32 Å². The zero-order valence-corrected chi connectivity index (χ0v) is 14.8. The number of nitrogens with one attached hydrogen (secondary N) is 2. The topological polar surface area (TPSA) is 79.9 Å². The number of para-hydroxylation sites is 1. The Labute approximate surface area is 146 Å². The molecule has 0 aliphatic carbocycles. The average Bonchev–Trinajstić information content (AvgIpc) is 3.06. The summed E-state index contributed by atoms with van der Waals surface area (Å²) >= 11 is 0.298. The van der Waals surface area contributed by atoms with Gasteiger partial charge in [0.05, 0.1) is 0 Å². The van der Waals surface area contributed by atoms with Gasteiger partial charge in [-0.2, -0.15) is 0 Å². The summed E-state index contributed by atoms with van der Waals surface area (Å²) in [4.78, 5) is 11.8. The fourth-order valence-corrected chi connectivity index (χ4v) is 3.52. The maximum atomic E-state index is 11.8. The summed E-state index contributed by atoms with van der Waals surface area (Å²) in [5, 5.41) is 14.4. The van der Waals surface area contributed by atoms with Crippen molar-refractivity contribution in [3.63, 3.8) is 0 Å². The van der Waals surface area contributed by atoms with Crippen LogP contribution in [0.3, 0.4) is 0 Å². The first-order chi connectivity index (χ1) is 11.8. The number of amides is 1. The number of hydrogen-bond donors (Lipinski definition) is 2. The van der Waals surface area contributed by atoms with E-state index in [1.807, 2.05) is 48.5 Å². The van der Waals surface area contributed by atoms with E-state index in [9.17, 15) is 4.79 Å². The number of carbonyl (C=O) groups is 1. The van der Waals surface area contributed by atoms with Crippen LogP contribution in [0.15, 0.2) is 48.5 Å². The maximum absolute atomic E-state index is 11.8. The molecule has 0 radical (unpaired) electrons. The Morgan fingerprint density at radius 1 is 1.12 bits per heavy atom. The summed E-state index contributed by atoms with van der Waals surface area (Å²) in [6.07, 6.45) is 0.531. The van der Waals surface area contributed by atoms with Gasteiger partial charge >= 0.3 is 146 Å². The van der Waals surface area contributed by atoms with Crippen molar-refractivity contribution < 1.29 is 9.53 Å². The number of aromatic nitrogens is 3. The number of carbonyl (C=O) groups excluding carboxylic acids is 1. The Morgan fingerprint density at radius 3 is 2.83 bits per heavy atom. The molecule has 3 aromatic rings. The molecule has 0 fully saturated rings. The summed E-state index contributed by atoms with van der Waals surface area (Å²) in [5.41, 5.74) is 4.32. The number of fused-ring (bicyclic) bond motifs is 1. The quantitative estimate of drug-likeness (QED) is 0.459. The zero-order valence-electron chi connectivity index (χ0n) is 13.1. The van der Waals surface area contributed by atoms with Gasteiger partial charge in [0.2, 0.25) is 0 Å².